The molecular formula is C20H21BrN2O3. The molecule has 3 rings (SSSR count). The van der Waals surface area contributed by atoms with Gasteiger partial charge in [-0.2, -0.15) is 0 Å². The molecule has 0 spiro atoms. The summed E-state index contributed by atoms with van der Waals surface area (Å²) in [5.74, 6) is 2.03. The van der Waals surface area contributed by atoms with Gasteiger partial charge in [0.25, 0.3) is 5.56 Å². The van der Waals surface area contributed by atoms with Crippen molar-refractivity contribution in [2.45, 2.75) is 27.3 Å². The molecule has 0 bridgehead atoms. The predicted octanol–water partition coefficient (Wildman–Crippen LogP) is 4.31. The minimum absolute atomic E-state index is 0.0492. The Morgan fingerprint density at radius 3 is 2.42 bits per heavy atom. The number of nitrogens with zero attached hydrogens (tertiary/aromatic N) is 2. The van der Waals surface area contributed by atoms with Crippen LogP contribution in [0, 0.1) is 6.92 Å². The van der Waals surface area contributed by atoms with Crippen LogP contribution >= 0.6 is 15.9 Å². The van der Waals surface area contributed by atoms with Crippen molar-refractivity contribution in [3.8, 4) is 11.5 Å². The van der Waals surface area contributed by atoms with Gasteiger partial charge in [-0.05, 0) is 50.6 Å². The normalized spacial score (nSPS) is 10.9. The van der Waals surface area contributed by atoms with Crippen LogP contribution in [0.5, 0.6) is 11.5 Å². The van der Waals surface area contributed by atoms with Crippen molar-refractivity contribution < 1.29 is 9.47 Å². The average Bonchev–Trinajstić information content (AvgIpc) is 2.62. The van der Waals surface area contributed by atoms with E-state index in [-0.39, 0.29) is 5.56 Å². The number of benzene rings is 2. The lowest BCUT2D eigenvalue weighted by atomic mass is 10.2. The first kappa shape index (κ1) is 18.5. The van der Waals surface area contributed by atoms with Gasteiger partial charge < -0.3 is 9.47 Å². The summed E-state index contributed by atoms with van der Waals surface area (Å²) < 4.78 is 13.9. The van der Waals surface area contributed by atoms with E-state index in [0.29, 0.717) is 48.0 Å². The molecule has 6 heteroatoms. The first-order chi connectivity index (χ1) is 12.5. The Balaban J connectivity index is 2.07. The highest BCUT2D eigenvalue weighted by molar-refractivity contribution is 9.10. The number of fused-ring (bicyclic) bond motifs is 1. The van der Waals surface area contributed by atoms with Gasteiger partial charge in [0, 0.05) is 4.47 Å². The van der Waals surface area contributed by atoms with Gasteiger partial charge in [0.1, 0.15) is 5.82 Å². The lowest BCUT2D eigenvalue weighted by Crippen LogP contribution is -2.24. The van der Waals surface area contributed by atoms with Crippen LogP contribution in [0.15, 0.2) is 45.7 Å². The summed E-state index contributed by atoms with van der Waals surface area (Å²) in [5.41, 5.74) is 1.60. The Morgan fingerprint density at radius 1 is 1.08 bits per heavy atom. The molecule has 0 aliphatic carbocycles. The molecule has 3 aromatic rings. The molecule has 1 heterocycles. The Bertz CT molecular complexity index is 998. The Kier molecular flexibility index (Phi) is 5.61. The molecule has 0 N–H and O–H groups in total. The van der Waals surface area contributed by atoms with Crippen molar-refractivity contribution >= 4 is 26.8 Å². The lowest BCUT2D eigenvalue weighted by Gasteiger charge is -2.16. The van der Waals surface area contributed by atoms with Crippen molar-refractivity contribution in [2.75, 3.05) is 13.2 Å². The second-order valence-electron chi connectivity index (χ2n) is 5.82. The number of hydrogen-bond acceptors (Lipinski definition) is 4. The van der Waals surface area contributed by atoms with Crippen molar-refractivity contribution in [3.05, 3.63) is 62.6 Å². The third-order valence-electron chi connectivity index (χ3n) is 4.09. The number of para-hydroxylation sites is 1. The van der Waals surface area contributed by atoms with Crippen molar-refractivity contribution in [2.24, 2.45) is 0 Å². The number of ether oxygens (including phenoxy) is 2. The molecule has 26 heavy (non-hydrogen) atoms. The van der Waals surface area contributed by atoms with Crippen LogP contribution in [0.2, 0.25) is 0 Å². The van der Waals surface area contributed by atoms with Gasteiger partial charge in [-0.1, -0.05) is 28.1 Å². The summed E-state index contributed by atoms with van der Waals surface area (Å²) >= 11 is 3.59. The zero-order chi connectivity index (χ0) is 18.7. The van der Waals surface area contributed by atoms with Crippen LogP contribution in [0.25, 0.3) is 10.9 Å². The fourth-order valence-corrected chi connectivity index (χ4v) is 3.32. The van der Waals surface area contributed by atoms with Crippen LogP contribution < -0.4 is 15.0 Å². The fraction of sp³-hybridized carbons (Fsp3) is 0.300. The van der Waals surface area contributed by atoms with Crippen LogP contribution in [0.1, 0.15) is 25.2 Å². The highest BCUT2D eigenvalue weighted by atomic mass is 79.9. The quantitative estimate of drug-likeness (QED) is 0.600. The molecule has 0 saturated carbocycles. The molecule has 0 saturated heterocycles. The summed E-state index contributed by atoms with van der Waals surface area (Å²) in [6, 6.07) is 11.2. The third-order valence-corrected chi connectivity index (χ3v) is 4.83. The standard InChI is InChI=1S/C20H21BrN2O3/c1-4-25-18-10-14(16(21)11-19(18)26-5-2)12-23-13(3)22-17-9-7-6-8-15(17)20(23)24/h6-11H,4-5,12H2,1-3H3. The summed E-state index contributed by atoms with van der Waals surface area (Å²) in [6.07, 6.45) is 0. The molecule has 0 amide bonds. The van der Waals surface area contributed by atoms with E-state index in [2.05, 4.69) is 20.9 Å². The zero-order valence-electron chi connectivity index (χ0n) is 15.1. The summed E-state index contributed by atoms with van der Waals surface area (Å²) in [5, 5.41) is 0.616. The number of aryl methyl sites for hydroxylation is 1. The monoisotopic (exact) mass is 416 g/mol. The molecule has 1 aromatic heterocycles. The van der Waals surface area contributed by atoms with Crippen LogP contribution in [0.4, 0.5) is 0 Å². The van der Waals surface area contributed by atoms with E-state index in [4.69, 9.17) is 9.47 Å². The zero-order valence-corrected chi connectivity index (χ0v) is 16.7. The number of aromatic nitrogens is 2. The third kappa shape index (κ3) is 3.60. The summed E-state index contributed by atoms with van der Waals surface area (Å²) in [6.45, 7) is 7.20. The van der Waals surface area contributed by atoms with E-state index in [1.165, 1.54) is 0 Å². The van der Waals surface area contributed by atoms with Crippen molar-refractivity contribution in [1.82, 2.24) is 9.55 Å². The summed E-state index contributed by atoms with van der Waals surface area (Å²) in [7, 11) is 0. The summed E-state index contributed by atoms with van der Waals surface area (Å²) in [4.78, 5) is 17.5. The van der Waals surface area contributed by atoms with Crippen molar-refractivity contribution in [3.63, 3.8) is 0 Å². The van der Waals surface area contributed by atoms with E-state index in [9.17, 15) is 4.79 Å². The Morgan fingerprint density at radius 2 is 1.73 bits per heavy atom. The van der Waals surface area contributed by atoms with Gasteiger partial charge in [-0.3, -0.25) is 9.36 Å². The molecule has 0 aliphatic rings. The molecule has 0 aliphatic heterocycles. The van der Waals surface area contributed by atoms with Crippen LogP contribution in [0.3, 0.4) is 0 Å². The van der Waals surface area contributed by atoms with Gasteiger partial charge >= 0.3 is 0 Å². The second-order valence-corrected chi connectivity index (χ2v) is 6.68. The largest absolute Gasteiger partial charge is 0.490 e. The van der Waals surface area contributed by atoms with E-state index >= 15 is 0 Å². The minimum Gasteiger partial charge on any atom is -0.490 e. The Labute approximate surface area is 160 Å². The maximum absolute atomic E-state index is 12.9. The average molecular weight is 417 g/mol. The van der Waals surface area contributed by atoms with Crippen molar-refractivity contribution in [1.29, 1.82) is 0 Å². The highest BCUT2D eigenvalue weighted by Crippen LogP contribution is 2.34. The molecule has 0 atom stereocenters. The number of halogens is 1. The van der Waals surface area contributed by atoms with E-state index < -0.39 is 0 Å². The predicted molar refractivity (Wildman–Crippen MR) is 106 cm³/mol. The molecular weight excluding hydrogens is 396 g/mol. The van der Waals surface area contributed by atoms with Gasteiger partial charge in [-0.25, -0.2) is 4.98 Å². The van der Waals surface area contributed by atoms with Gasteiger partial charge in [0.05, 0.1) is 30.7 Å². The van der Waals surface area contributed by atoms with Crippen LogP contribution in [-0.2, 0) is 6.54 Å². The second kappa shape index (κ2) is 7.91. The highest BCUT2D eigenvalue weighted by Gasteiger charge is 2.14. The van der Waals surface area contributed by atoms with E-state index in [1.54, 1.807) is 10.6 Å². The smallest absolute Gasteiger partial charge is 0.261 e. The maximum Gasteiger partial charge on any atom is 0.261 e. The Hall–Kier alpha value is -2.34. The molecule has 0 fully saturated rings. The molecule has 5 nitrogen and oxygen atoms in total. The number of rotatable bonds is 6. The molecule has 136 valence electrons. The molecule has 0 unspecified atom stereocenters. The van der Waals surface area contributed by atoms with Gasteiger partial charge in [0.2, 0.25) is 0 Å². The van der Waals surface area contributed by atoms with E-state index in [1.807, 2.05) is 51.1 Å². The molecule has 0 radical (unpaired) electrons. The first-order valence-corrected chi connectivity index (χ1v) is 9.38. The molecule has 2 aromatic carbocycles. The number of hydrogen-bond donors (Lipinski definition) is 0. The van der Waals surface area contributed by atoms with Crippen LogP contribution in [-0.4, -0.2) is 22.8 Å². The SMILES string of the molecule is CCOc1cc(Br)c(Cn2c(C)nc3ccccc3c2=O)cc1OCC. The van der Waals surface area contributed by atoms with Gasteiger partial charge in [-0.15, -0.1) is 0 Å². The fourth-order valence-electron chi connectivity index (χ4n) is 2.87. The minimum atomic E-state index is -0.0492. The maximum atomic E-state index is 12.9. The van der Waals surface area contributed by atoms with E-state index in [0.717, 1.165) is 10.0 Å². The lowest BCUT2D eigenvalue weighted by molar-refractivity contribution is 0.287. The first-order valence-electron chi connectivity index (χ1n) is 8.59. The van der Waals surface area contributed by atoms with Gasteiger partial charge in [0.15, 0.2) is 11.5 Å². The topological polar surface area (TPSA) is 53.4 Å².